The van der Waals surface area contributed by atoms with Gasteiger partial charge in [0, 0.05) is 19.3 Å². The Morgan fingerprint density at radius 3 is 0.632 bits per heavy atom. The molecular formula is C62H120O6. The molecule has 0 aromatic rings. The fourth-order valence-electron chi connectivity index (χ4n) is 9.53. The Hall–Kier alpha value is -1.59. The third-order valence-electron chi connectivity index (χ3n) is 14.1. The van der Waals surface area contributed by atoms with Crippen molar-refractivity contribution in [2.24, 2.45) is 17.8 Å². The van der Waals surface area contributed by atoms with Crippen LogP contribution in [0.5, 0.6) is 0 Å². The molecule has 0 aromatic carbocycles. The van der Waals surface area contributed by atoms with E-state index in [9.17, 15) is 14.4 Å². The van der Waals surface area contributed by atoms with E-state index in [0.717, 1.165) is 75.5 Å². The summed E-state index contributed by atoms with van der Waals surface area (Å²) in [4.78, 5) is 38.2. The van der Waals surface area contributed by atoms with Crippen LogP contribution in [0.2, 0.25) is 0 Å². The molecule has 0 saturated heterocycles. The van der Waals surface area contributed by atoms with Gasteiger partial charge >= 0.3 is 17.9 Å². The maximum Gasteiger partial charge on any atom is 0.306 e. The lowest BCUT2D eigenvalue weighted by molar-refractivity contribution is -0.167. The van der Waals surface area contributed by atoms with Crippen LogP contribution in [-0.2, 0) is 28.6 Å². The Bertz CT molecular complexity index is 1050. The van der Waals surface area contributed by atoms with Crippen molar-refractivity contribution in [3.05, 3.63) is 0 Å². The van der Waals surface area contributed by atoms with Gasteiger partial charge in [0.2, 0.25) is 0 Å². The lowest BCUT2D eigenvalue weighted by atomic mass is 10.0. The Labute approximate surface area is 425 Å². The smallest absolute Gasteiger partial charge is 0.306 e. The molecule has 0 aliphatic heterocycles. The Morgan fingerprint density at radius 1 is 0.250 bits per heavy atom. The van der Waals surface area contributed by atoms with Crippen LogP contribution in [0.15, 0.2) is 0 Å². The van der Waals surface area contributed by atoms with Crippen LogP contribution in [-0.4, -0.2) is 37.2 Å². The third kappa shape index (κ3) is 55.3. The normalized spacial score (nSPS) is 12.1. The lowest BCUT2D eigenvalue weighted by Gasteiger charge is -2.18. The zero-order chi connectivity index (χ0) is 49.8. The largest absolute Gasteiger partial charge is 0.462 e. The predicted molar refractivity (Wildman–Crippen MR) is 293 cm³/mol. The molecule has 404 valence electrons. The van der Waals surface area contributed by atoms with Crippen molar-refractivity contribution < 1.29 is 28.6 Å². The molecular weight excluding hydrogens is 841 g/mol. The minimum Gasteiger partial charge on any atom is -0.462 e. The molecule has 0 unspecified atom stereocenters. The number of unbranched alkanes of at least 4 members (excludes halogenated alkanes) is 38. The summed E-state index contributed by atoms with van der Waals surface area (Å²) >= 11 is 0. The Morgan fingerprint density at radius 2 is 0.426 bits per heavy atom. The van der Waals surface area contributed by atoms with Crippen molar-refractivity contribution in [2.45, 2.75) is 349 Å². The SMILES string of the molecule is CC(C)CCCCCCCCCCCCCCCCCCCCC(=O)OC[C@@H](COC(=O)CCCCCCCCCCCC(C)C)OC(=O)CCCCCCCCCCCCCCCCC(C)C. The zero-order valence-corrected chi connectivity index (χ0v) is 46.9. The summed E-state index contributed by atoms with van der Waals surface area (Å²) in [7, 11) is 0. The molecule has 68 heavy (non-hydrogen) atoms. The van der Waals surface area contributed by atoms with Gasteiger partial charge < -0.3 is 14.2 Å². The van der Waals surface area contributed by atoms with Crippen molar-refractivity contribution >= 4 is 17.9 Å². The van der Waals surface area contributed by atoms with Gasteiger partial charge in [-0.05, 0) is 37.0 Å². The van der Waals surface area contributed by atoms with Crippen LogP contribution in [0.3, 0.4) is 0 Å². The van der Waals surface area contributed by atoms with Crippen LogP contribution in [0.25, 0.3) is 0 Å². The van der Waals surface area contributed by atoms with Gasteiger partial charge in [-0.3, -0.25) is 14.4 Å². The molecule has 0 N–H and O–H groups in total. The molecule has 6 heteroatoms. The summed E-state index contributed by atoms with van der Waals surface area (Å²) in [5.41, 5.74) is 0. The predicted octanol–water partition coefficient (Wildman–Crippen LogP) is 20.3. The van der Waals surface area contributed by atoms with Crippen molar-refractivity contribution in [3.8, 4) is 0 Å². The van der Waals surface area contributed by atoms with Crippen molar-refractivity contribution in [1.82, 2.24) is 0 Å². The minimum absolute atomic E-state index is 0.0632. The average molecular weight is 962 g/mol. The van der Waals surface area contributed by atoms with Crippen LogP contribution in [0.4, 0.5) is 0 Å². The van der Waals surface area contributed by atoms with Gasteiger partial charge in [0.1, 0.15) is 13.2 Å². The second kappa shape index (κ2) is 53.2. The van der Waals surface area contributed by atoms with E-state index in [1.54, 1.807) is 0 Å². The van der Waals surface area contributed by atoms with Crippen LogP contribution < -0.4 is 0 Å². The average Bonchev–Trinajstić information content (AvgIpc) is 3.30. The standard InChI is InChI=1S/C62H120O6/c1-56(2)48-42-36-30-24-19-15-11-9-7-8-10-12-17-21-27-33-39-45-51-60(63)66-54-59(55-67-61(64)52-46-40-34-29-23-26-32-38-44-50-58(5)6)68-62(65)53-47-41-35-28-22-18-14-13-16-20-25-31-37-43-49-57(3)4/h56-59H,7-55H2,1-6H3/t59-/m0/s1. The fraction of sp³-hybridized carbons (Fsp3) is 0.952. The number of hydrogen-bond acceptors (Lipinski definition) is 6. The van der Waals surface area contributed by atoms with E-state index in [4.69, 9.17) is 14.2 Å². The number of carbonyl (C=O) groups is 3. The topological polar surface area (TPSA) is 78.9 Å². The number of carbonyl (C=O) groups excluding carboxylic acids is 3. The monoisotopic (exact) mass is 961 g/mol. The molecule has 0 fully saturated rings. The second-order valence-corrected chi connectivity index (χ2v) is 22.8. The maximum absolute atomic E-state index is 12.9. The van der Waals surface area contributed by atoms with E-state index >= 15 is 0 Å². The summed E-state index contributed by atoms with van der Waals surface area (Å²) in [5, 5.41) is 0. The molecule has 0 radical (unpaired) electrons. The van der Waals surface area contributed by atoms with Gasteiger partial charge in [0.15, 0.2) is 6.10 Å². The molecule has 0 aliphatic carbocycles. The molecule has 1 atom stereocenters. The maximum atomic E-state index is 12.9. The number of ether oxygens (including phenoxy) is 3. The lowest BCUT2D eigenvalue weighted by Crippen LogP contribution is -2.30. The third-order valence-corrected chi connectivity index (χ3v) is 14.1. The molecule has 0 amide bonds. The summed E-state index contributed by atoms with van der Waals surface area (Å²) in [6.45, 7) is 13.8. The summed E-state index contributed by atoms with van der Waals surface area (Å²) in [6, 6.07) is 0. The Kier molecular flexibility index (Phi) is 52.0. The zero-order valence-electron chi connectivity index (χ0n) is 46.9. The summed E-state index contributed by atoms with van der Waals surface area (Å²) < 4.78 is 16.9. The van der Waals surface area contributed by atoms with Crippen LogP contribution in [0.1, 0.15) is 343 Å². The minimum atomic E-state index is -0.764. The van der Waals surface area contributed by atoms with Crippen LogP contribution in [0, 0.1) is 17.8 Å². The highest BCUT2D eigenvalue weighted by molar-refractivity contribution is 5.71. The van der Waals surface area contributed by atoms with Crippen molar-refractivity contribution in [1.29, 1.82) is 0 Å². The first-order chi connectivity index (χ1) is 33.1. The van der Waals surface area contributed by atoms with Crippen molar-refractivity contribution in [2.75, 3.05) is 13.2 Å². The van der Waals surface area contributed by atoms with Gasteiger partial charge in [0.05, 0.1) is 0 Å². The van der Waals surface area contributed by atoms with E-state index in [2.05, 4.69) is 41.5 Å². The number of rotatable bonds is 55. The van der Waals surface area contributed by atoms with Gasteiger partial charge in [-0.25, -0.2) is 0 Å². The Balaban J connectivity index is 4.24. The summed E-state index contributed by atoms with van der Waals surface area (Å²) in [6.07, 6.45) is 56.8. The first-order valence-electron chi connectivity index (χ1n) is 30.6. The van der Waals surface area contributed by atoms with Gasteiger partial charge in [-0.15, -0.1) is 0 Å². The molecule has 0 rings (SSSR count). The van der Waals surface area contributed by atoms with E-state index in [0.29, 0.717) is 19.3 Å². The molecule has 0 bridgehead atoms. The first-order valence-corrected chi connectivity index (χ1v) is 30.6. The van der Waals surface area contributed by atoms with Gasteiger partial charge in [-0.1, -0.05) is 305 Å². The van der Waals surface area contributed by atoms with E-state index in [1.165, 1.54) is 225 Å². The highest BCUT2D eigenvalue weighted by Gasteiger charge is 2.19. The van der Waals surface area contributed by atoms with Gasteiger partial charge in [0.25, 0.3) is 0 Å². The fourth-order valence-corrected chi connectivity index (χ4v) is 9.53. The molecule has 6 nitrogen and oxygen atoms in total. The van der Waals surface area contributed by atoms with Crippen LogP contribution >= 0.6 is 0 Å². The molecule has 0 spiro atoms. The van der Waals surface area contributed by atoms with E-state index in [1.807, 2.05) is 0 Å². The molecule has 0 heterocycles. The first kappa shape index (κ1) is 66.4. The van der Waals surface area contributed by atoms with E-state index < -0.39 is 6.10 Å². The van der Waals surface area contributed by atoms with E-state index in [-0.39, 0.29) is 31.1 Å². The molecule has 0 aromatic heterocycles. The second-order valence-electron chi connectivity index (χ2n) is 22.8. The number of esters is 3. The molecule has 0 saturated carbocycles. The quantitative estimate of drug-likeness (QED) is 0.0343. The van der Waals surface area contributed by atoms with Crippen molar-refractivity contribution in [3.63, 3.8) is 0 Å². The number of hydrogen-bond donors (Lipinski definition) is 0. The highest BCUT2D eigenvalue weighted by Crippen LogP contribution is 2.19. The molecule has 0 aliphatic rings. The van der Waals surface area contributed by atoms with Gasteiger partial charge in [-0.2, -0.15) is 0 Å². The summed E-state index contributed by atoms with van der Waals surface area (Å²) in [5.74, 6) is 1.67. The highest BCUT2D eigenvalue weighted by atomic mass is 16.6.